The first kappa shape index (κ1) is 9.44. The monoisotopic (exact) mass is 184 g/mol. The molecule has 0 saturated carbocycles. The van der Waals surface area contributed by atoms with E-state index in [1.165, 1.54) is 25.7 Å². The van der Waals surface area contributed by atoms with E-state index >= 15 is 0 Å². The van der Waals surface area contributed by atoms with Crippen molar-refractivity contribution in [1.29, 1.82) is 0 Å². The maximum Gasteiger partial charge on any atom is 0.0556 e. The van der Waals surface area contributed by atoms with E-state index in [1.54, 1.807) is 0 Å². The molecule has 0 aliphatic carbocycles. The van der Waals surface area contributed by atoms with Gasteiger partial charge in [-0.25, -0.2) is 0 Å². The van der Waals surface area contributed by atoms with E-state index in [2.05, 4.69) is 17.3 Å². The third kappa shape index (κ3) is 1.87. The Labute approximate surface area is 80.1 Å². The van der Waals surface area contributed by atoms with Crippen molar-refractivity contribution in [2.24, 2.45) is 0 Å². The predicted molar refractivity (Wildman–Crippen MR) is 52.7 cm³/mol. The molecule has 0 spiro atoms. The summed E-state index contributed by atoms with van der Waals surface area (Å²) in [6.07, 6.45) is 5.29. The largest absolute Gasteiger partial charge is 0.395 e. The third-order valence-corrected chi connectivity index (χ3v) is 3.64. The molecule has 0 amide bonds. The van der Waals surface area contributed by atoms with Crippen LogP contribution in [0.25, 0.3) is 0 Å². The standard InChI is InChI=1S/C10H20N2O/c1-12-9-2-3-10(12)7-8(6-9)11-4-5-13/h8-11,13H,2-7H2,1H3. The van der Waals surface area contributed by atoms with Crippen LogP contribution in [0.5, 0.6) is 0 Å². The average molecular weight is 184 g/mol. The second kappa shape index (κ2) is 3.95. The van der Waals surface area contributed by atoms with Crippen molar-refractivity contribution in [2.75, 3.05) is 20.2 Å². The first-order valence-corrected chi connectivity index (χ1v) is 5.37. The van der Waals surface area contributed by atoms with Crippen molar-refractivity contribution >= 4 is 0 Å². The van der Waals surface area contributed by atoms with Gasteiger partial charge in [-0.05, 0) is 32.7 Å². The number of nitrogens with one attached hydrogen (secondary N) is 1. The van der Waals surface area contributed by atoms with Crippen LogP contribution < -0.4 is 5.32 Å². The summed E-state index contributed by atoms with van der Waals surface area (Å²) in [6.45, 7) is 1.02. The minimum Gasteiger partial charge on any atom is -0.395 e. The minimum atomic E-state index is 0.266. The topological polar surface area (TPSA) is 35.5 Å². The van der Waals surface area contributed by atoms with Crippen molar-refractivity contribution in [2.45, 2.75) is 43.8 Å². The smallest absolute Gasteiger partial charge is 0.0556 e. The Morgan fingerprint density at radius 3 is 2.46 bits per heavy atom. The van der Waals surface area contributed by atoms with E-state index in [-0.39, 0.29) is 6.61 Å². The van der Waals surface area contributed by atoms with E-state index < -0.39 is 0 Å². The number of hydrogen-bond acceptors (Lipinski definition) is 3. The van der Waals surface area contributed by atoms with Crippen LogP contribution in [0.4, 0.5) is 0 Å². The molecule has 2 bridgehead atoms. The molecule has 2 unspecified atom stereocenters. The zero-order chi connectivity index (χ0) is 9.26. The van der Waals surface area contributed by atoms with E-state index in [0.717, 1.165) is 18.6 Å². The van der Waals surface area contributed by atoms with Crippen molar-refractivity contribution < 1.29 is 5.11 Å². The molecule has 2 aliphatic rings. The van der Waals surface area contributed by atoms with Gasteiger partial charge in [0.1, 0.15) is 0 Å². The van der Waals surface area contributed by atoms with E-state index in [0.29, 0.717) is 6.04 Å². The van der Waals surface area contributed by atoms with Crippen molar-refractivity contribution in [3.63, 3.8) is 0 Å². The quantitative estimate of drug-likeness (QED) is 0.657. The van der Waals surface area contributed by atoms with Crippen molar-refractivity contribution in [3.05, 3.63) is 0 Å². The summed E-state index contributed by atoms with van der Waals surface area (Å²) in [4.78, 5) is 2.54. The summed E-state index contributed by atoms with van der Waals surface area (Å²) < 4.78 is 0. The summed E-state index contributed by atoms with van der Waals surface area (Å²) >= 11 is 0. The van der Waals surface area contributed by atoms with Crippen molar-refractivity contribution in [3.8, 4) is 0 Å². The summed E-state index contributed by atoms with van der Waals surface area (Å²) in [5, 5.41) is 12.1. The van der Waals surface area contributed by atoms with E-state index in [1.807, 2.05) is 0 Å². The molecule has 2 rings (SSSR count). The first-order valence-electron chi connectivity index (χ1n) is 5.37. The maximum absolute atomic E-state index is 8.72. The molecule has 2 heterocycles. The van der Waals surface area contributed by atoms with Crippen LogP contribution in [0.2, 0.25) is 0 Å². The molecule has 0 aromatic heterocycles. The highest BCUT2D eigenvalue weighted by atomic mass is 16.3. The van der Waals surface area contributed by atoms with Crippen LogP contribution in [-0.2, 0) is 0 Å². The molecule has 2 saturated heterocycles. The number of aliphatic hydroxyl groups excluding tert-OH is 1. The highest BCUT2D eigenvalue weighted by Gasteiger charge is 2.37. The molecular weight excluding hydrogens is 164 g/mol. The van der Waals surface area contributed by atoms with Crippen LogP contribution in [0.15, 0.2) is 0 Å². The zero-order valence-corrected chi connectivity index (χ0v) is 8.37. The molecule has 13 heavy (non-hydrogen) atoms. The van der Waals surface area contributed by atoms with Gasteiger partial charge in [-0.2, -0.15) is 0 Å². The fourth-order valence-corrected chi connectivity index (χ4v) is 2.85. The summed E-state index contributed by atoms with van der Waals surface area (Å²) in [7, 11) is 2.25. The summed E-state index contributed by atoms with van der Waals surface area (Å²) in [5.41, 5.74) is 0. The number of piperidine rings is 1. The third-order valence-electron chi connectivity index (χ3n) is 3.64. The first-order chi connectivity index (χ1) is 6.31. The second-order valence-corrected chi connectivity index (χ2v) is 4.40. The average Bonchev–Trinajstić information content (AvgIpc) is 2.41. The van der Waals surface area contributed by atoms with Gasteiger partial charge in [-0.1, -0.05) is 0 Å². The molecule has 2 aliphatic heterocycles. The Kier molecular flexibility index (Phi) is 2.86. The van der Waals surface area contributed by atoms with Crippen LogP contribution >= 0.6 is 0 Å². The second-order valence-electron chi connectivity index (χ2n) is 4.40. The van der Waals surface area contributed by atoms with Gasteiger partial charge in [0.15, 0.2) is 0 Å². The Bertz CT molecular complexity index is 160. The highest BCUT2D eigenvalue weighted by molar-refractivity contribution is 4.95. The Balaban J connectivity index is 1.84. The molecule has 76 valence electrons. The van der Waals surface area contributed by atoms with Crippen LogP contribution in [-0.4, -0.2) is 48.3 Å². The van der Waals surface area contributed by atoms with E-state index in [9.17, 15) is 0 Å². The fourth-order valence-electron chi connectivity index (χ4n) is 2.85. The number of fused-ring (bicyclic) bond motifs is 2. The van der Waals surface area contributed by atoms with Gasteiger partial charge < -0.3 is 15.3 Å². The predicted octanol–water partition coefficient (Wildman–Crippen LogP) is 0.193. The molecule has 3 heteroatoms. The SMILES string of the molecule is CN1C2CCC1CC(NCCO)C2. The van der Waals surface area contributed by atoms with Crippen LogP contribution in [0, 0.1) is 0 Å². The fraction of sp³-hybridized carbons (Fsp3) is 1.00. The lowest BCUT2D eigenvalue weighted by Crippen LogP contribution is -2.47. The van der Waals surface area contributed by atoms with Crippen LogP contribution in [0.3, 0.4) is 0 Å². The van der Waals surface area contributed by atoms with Crippen molar-refractivity contribution in [1.82, 2.24) is 10.2 Å². The van der Waals surface area contributed by atoms with Gasteiger partial charge >= 0.3 is 0 Å². The maximum atomic E-state index is 8.72. The molecule has 2 fully saturated rings. The molecule has 2 atom stereocenters. The van der Waals surface area contributed by atoms with Gasteiger partial charge in [-0.3, -0.25) is 0 Å². The lowest BCUT2D eigenvalue weighted by atomic mass is 9.98. The number of aliphatic hydroxyl groups is 1. The lowest BCUT2D eigenvalue weighted by molar-refractivity contribution is 0.145. The molecule has 2 N–H and O–H groups in total. The molecule has 0 aromatic rings. The molecule has 3 nitrogen and oxygen atoms in total. The normalized spacial score (nSPS) is 39.7. The number of hydrogen-bond donors (Lipinski definition) is 2. The summed E-state index contributed by atoms with van der Waals surface area (Å²) in [6, 6.07) is 2.26. The minimum absolute atomic E-state index is 0.266. The molecule has 0 aromatic carbocycles. The Hall–Kier alpha value is -0.120. The van der Waals surface area contributed by atoms with Gasteiger partial charge in [0.05, 0.1) is 6.61 Å². The van der Waals surface area contributed by atoms with Gasteiger partial charge in [0.2, 0.25) is 0 Å². The van der Waals surface area contributed by atoms with Gasteiger partial charge in [-0.15, -0.1) is 0 Å². The number of rotatable bonds is 3. The van der Waals surface area contributed by atoms with E-state index in [4.69, 9.17) is 5.11 Å². The van der Waals surface area contributed by atoms with Crippen LogP contribution in [0.1, 0.15) is 25.7 Å². The molecular formula is C10H20N2O. The Morgan fingerprint density at radius 1 is 1.31 bits per heavy atom. The van der Waals surface area contributed by atoms with Gasteiger partial charge in [0, 0.05) is 24.7 Å². The highest BCUT2D eigenvalue weighted by Crippen LogP contribution is 2.33. The molecule has 0 radical (unpaired) electrons. The lowest BCUT2D eigenvalue weighted by Gasteiger charge is -2.36. The zero-order valence-electron chi connectivity index (χ0n) is 8.37. The van der Waals surface area contributed by atoms with Gasteiger partial charge in [0.25, 0.3) is 0 Å². The summed E-state index contributed by atoms with van der Waals surface area (Å²) in [5.74, 6) is 0. The Morgan fingerprint density at radius 2 is 1.92 bits per heavy atom. The number of nitrogens with zero attached hydrogens (tertiary/aromatic N) is 1.